The van der Waals surface area contributed by atoms with Crippen molar-refractivity contribution < 1.29 is 0 Å². The number of hydrogen-bond donors (Lipinski definition) is 0. The molecule has 0 aliphatic carbocycles. The third-order valence-electron chi connectivity index (χ3n) is 5.47. The van der Waals surface area contributed by atoms with E-state index in [1.54, 1.807) is 10.5 Å². The predicted octanol–water partition coefficient (Wildman–Crippen LogP) is 3.17. The zero-order valence-corrected chi connectivity index (χ0v) is 15.7. The molecule has 0 N–H and O–H groups in total. The van der Waals surface area contributed by atoms with E-state index in [0.29, 0.717) is 5.65 Å². The molecule has 5 nitrogen and oxygen atoms in total. The second-order valence-electron chi connectivity index (χ2n) is 7.29. The summed E-state index contributed by atoms with van der Waals surface area (Å²) < 4.78 is 1.70. The maximum Gasteiger partial charge on any atom is 0.260 e. The van der Waals surface area contributed by atoms with Crippen molar-refractivity contribution in [2.75, 3.05) is 31.1 Å². The van der Waals surface area contributed by atoms with Crippen molar-refractivity contribution in [3.05, 3.63) is 88.7 Å². The monoisotopic (exact) mass is 370 g/mol. The molecule has 0 saturated carbocycles. The number of fused-ring (bicyclic) bond motifs is 3. The van der Waals surface area contributed by atoms with Gasteiger partial charge >= 0.3 is 0 Å². The molecular weight excluding hydrogens is 348 g/mol. The molecule has 0 bridgehead atoms. The topological polar surface area (TPSA) is 40.9 Å². The summed E-state index contributed by atoms with van der Waals surface area (Å²) in [7, 11) is 0. The fourth-order valence-corrected chi connectivity index (χ4v) is 3.98. The quantitative estimate of drug-likeness (QED) is 0.520. The Bertz CT molecular complexity index is 1180. The number of aromatic nitrogens is 2. The second kappa shape index (κ2) is 7.09. The van der Waals surface area contributed by atoms with Gasteiger partial charge in [0.25, 0.3) is 5.56 Å². The second-order valence-corrected chi connectivity index (χ2v) is 7.29. The lowest BCUT2D eigenvalue weighted by atomic mass is 10.2. The first-order valence-electron chi connectivity index (χ1n) is 9.71. The summed E-state index contributed by atoms with van der Waals surface area (Å²) >= 11 is 0. The van der Waals surface area contributed by atoms with E-state index < -0.39 is 0 Å². The average molecular weight is 370 g/mol. The number of para-hydroxylation sites is 1. The Balaban J connectivity index is 1.38. The van der Waals surface area contributed by atoms with Crippen molar-refractivity contribution in [3.8, 4) is 0 Å². The first-order chi connectivity index (χ1) is 13.8. The van der Waals surface area contributed by atoms with E-state index in [1.807, 2.05) is 36.4 Å². The summed E-state index contributed by atoms with van der Waals surface area (Å²) in [5.74, 6) is 0.777. The zero-order chi connectivity index (χ0) is 18.9. The van der Waals surface area contributed by atoms with Crippen molar-refractivity contribution in [1.29, 1.82) is 0 Å². The van der Waals surface area contributed by atoms with Gasteiger partial charge in [0, 0.05) is 38.8 Å². The largest absolute Gasteiger partial charge is 0.354 e. The van der Waals surface area contributed by atoms with Crippen molar-refractivity contribution in [1.82, 2.24) is 14.3 Å². The van der Waals surface area contributed by atoms with Crippen LogP contribution in [0.15, 0.2) is 77.6 Å². The lowest BCUT2D eigenvalue weighted by molar-refractivity contribution is 0.249. The van der Waals surface area contributed by atoms with Crippen LogP contribution in [0.3, 0.4) is 0 Å². The Morgan fingerprint density at radius 3 is 2.39 bits per heavy atom. The van der Waals surface area contributed by atoms with Gasteiger partial charge in [0.2, 0.25) is 0 Å². The third-order valence-corrected chi connectivity index (χ3v) is 5.47. The van der Waals surface area contributed by atoms with Crippen LogP contribution in [0.25, 0.3) is 16.6 Å². The van der Waals surface area contributed by atoms with Gasteiger partial charge in [-0.05, 0) is 29.1 Å². The molecule has 0 unspecified atom stereocenters. The number of nitrogens with zero attached hydrogens (tertiary/aromatic N) is 4. The van der Waals surface area contributed by atoms with Crippen molar-refractivity contribution in [2.24, 2.45) is 0 Å². The maximum absolute atomic E-state index is 12.8. The number of hydrogen-bond acceptors (Lipinski definition) is 4. The first kappa shape index (κ1) is 17.0. The minimum absolute atomic E-state index is 0.0245. The molecule has 28 heavy (non-hydrogen) atoms. The Morgan fingerprint density at radius 1 is 0.821 bits per heavy atom. The SMILES string of the molecule is O=c1cc(N2CCN(Cc3ccccc3)CC2)nc2ccc3ccccc3n12. The highest BCUT2D eigenvalue weighted by atomic mass is 16.1. The molecule has 0 amide bonds. The van der Waals surface area contributed by atoms with Crippen LogP contribution in [0.2, 0.25) is 0 Å². The molecule has 5 heteroatoms. The number of benzene rings is 2. The molecule has 3 heterocycles. The summed E-state index contributed by atoms with van der Waals surface area (Å²) in [6.07, 6.45) is 0. The first-order valence-corrected chi connectivity index (χ1v) is 9.71. The Hall–Kier alpha value is -3.18. The van der Waals surface area contributed by atoms with Gasteiger partial charge in [0.1, 0.15) is 11.5 Å². The smallest absolute Gasteiger partial charge is 0.260 e. The fourth-order valence-electron chi connectivity index (χ4n) is 3.98. The zero-order valence-electron chi connectivity index (χ0n) is 15.7. The van der Waals surface area contributed by atoms with E-state index in [9.17, 15) is 4.79 Å². The minimum atomic E-state index is -0.0245. The molecule has 2 aromatic carbocycles. The fraction of sp³-hybridized carbons (Fsp3) is 0.217. The maximum atomic E-state index is 12.8. The Kier molecular flexibility index (Phi) is 4.29. The summed E-state index contributed by atoms with van der Waals surface area (Å²) in [6, 6.07) is 24.1. The Labute approximate surface area is 163 Å². The van der Waals surface area contributed by atoms with Gasteiger partial charge in [-0.15, -0.1) is 0 Å². The van der Waals surface area contributed by atoms with Crippen LogP contribution in [-0.2, 0) is 6.54 Å². The van der Waals surface area contributed by atoms with Crippen molar-refractivity contribution in [2.45, 2.75) is 6.54 Å². The molecule has 2 aromatic heterocycles. The molecule has 1 fully saturated rings. The van der Waals surface area contributed by atoms with Crippen LogP contribution in [0.5, 0.6) is 0 Å². The molecule has 1 aliphatic rings. The van der Waals surface area contributed by atoms with Crippen LogP contribution in [-0.4, -0.2) is 40.5 Å². The highest BCUT2D eigenvalue weighted by Crippen LogP contribution is 2.18. The molecule has 0 atom stereocenters. The summed E-state index contributed by atoms with van der Waals surface area (Å²) in [5.41, 5.74) is 2.91. The van der Waals surface area contributed by atoms with E-state index in [0.717, 1.165) is 49.4 Å². The molecule has 0 radical (unpaired) electrons. The van der Waals surface area contributed by atoms with Gasteiger partial charge in [-0.1, -0.05) is 48.5 Å². The van der Waals surface area contributed by atoms with Crippen molar-refractivity contribution in [3.63, 3.8) is 0 Å². The van der Waals surface area contributed by atoms with Crippen LogP contribution in [0.4, 0.5) is 5.82 Å². The molecule has 1 saturated heterocycles. The Morgan fingerprint density at radius 2 is 1.57 bits per heavy atom. The number of anilines is 1. The van der Waals surface area contributed by atoms with E-state index in [-0.39, 0.29) is 5.56 Å². The molecular formula is C23H22N4O. The normalized spacial score (nSPS) is 15.4. The summed E-state index contributed by atoms with van der Waals surface area (Å²) in [4.78, 5) is 22.3. The van der Waals surface area contributed by atoms with Crippen LogP contribution in [0, 0.1) is 0 Å². The number of piperazine rings is 1. The minimum Gasteiger partial charge on any atom is -0.354 e. The molecule has 5 rings (SSSR count). The molecule has 0 spiro atoms. The number of rotatable bonds is 3. The van der Waals surface area contributed by atoms with Gasteiger partial charge in [-0.25, -0.2) is 4.98 Å². The van der Waals surface area contributed by atoms with E-state index in [1.165, 1.54) is 5.56 Å². The highest BCUT2D eigenvalue weighted by molar-refractivity contribution is 5.81. The molecule has 1 aliphatic heterocycles. The standard InChI is InChI=1S/C23H22N4O/c28-23-16-22(24-21-11-10-19-8-4-5-9-20(19)27(21)23)26-14-12-25(13-15-26)17-18-6-2-1-3-7-18/h1-11,16H,12-15,17H2. The van der Waals surface area contributed by atoms with E-state index in [4.69, 9.17) is 4.98 Å². The van der Waals surface area contributed by atoms with Gasteiger partial charge in [-0.3, -0.25) is 14.1 Å². The summed E-state index contributed by atoms with van der Waals surface area (Å²) in [5, 5.41) is 1.04. The lowest BCUT2D eigenvalue weighted by Gasteiger charge is -2.35. The van der Waals surface area contributed by atoms with Gasteiger partial charge in [0.05, 0.1) is 5.52 Å². The van der Waals surface area contributed by atoms with Crippen LogP contribution in [0.1, 0.15) is 5.56 Å². The predicted molar refractivity (Wildman–Crippen MR) is 113 cm³/mol. The lowest BCUT2D eigenvalue weighted by Crippen LogP contribution is -2.46. The van der Waals surface area contributed by atoms with Gasteiger partial charge in [0.15, 0.2) is 0 Å². The van der Waals surface area contributed by atoms with Crippen LogP contribution >= 0.6 is 0 Å². The number of pyridine rings is 1. The molecule has 140 valence electrons. The highest BCUT2D eigenvalue weighted by Gasteiger charge is 2.19. The molecule has 4 aromatic rings. The van der Waals surface area contributed by atoms with Crippen LogP contribution < -0.4 is 10.5 Å². The van der Waals surface area contributed by atoms with Gasteiger partial charge in [-0.2, -0.15) is 0 Å². The van der Waals surface area contributed by atoms with Gasteiger partial charge < -0.3 is 4.90 Å². The van der Waals surface area contributed by atoms with E-state index >= 15 is 0 Å². The summed E-state index contributed by atoms with van der Waals surface area (Å²) in [6.45, 7) is 4.65. The average Bonchev–Trinajstić information content (AvgIpc) is 2.74. The third kappa shape index (κ3) is 3.14. The van der Waals surface area contributed by atoms with E-state index in [2.05, 4.69) is 40.1 Å². The van der Waals surface area contributed by atoms with Crippen molar-refractivity contribution >= 4 is 22.4 Å².